The molecule has 0 bridgehead atoms. The van der Waals surface area contributed by atoms with Crippen LogP contribution in [0, 0.1) is 0 Å². The van der Waals surface area contributed by atoms with Gasteiger partial charge in [0.15, 0.2) is 0 Å². The number of aryl methyl sites for hydroxylation is 1. The Bertz CT molecular complexity index is 275. The molecule has 0 fully saturated rings. The summed E-state index contributed by atoms with van der Waals surface area (Å²) in [5, 5.41) is 11.2. The first-order chi connectivity index (χ1) is 6.79. The van der Waals surface area contributed by atoms with Crippen LogP contribution in [0.3, 0.4) is 0 Å². The monoisotopic (exact) mass is 194 g/mol. The molecule has 0 aliphatic rings. The van der Waals surface area contributed by atoms with Gasteiger partial charge in [0, 0.05) is 12.4 Å². The van der Waals surface area contributed by atoms with Gasteiger partial charge in [-0.05, 0) is 31.0 Å². The van der Waals surface area contributed by atoms with E-state index < -0.39 is 5.97 Å². The number of hydrogen-bond donors (Lipinski definition) is 2. The number of aromatic nitrogens is 1. The topological polar surface area (TPSA) is 62.2 Å². The quantitative estimate of drug-likeness (QED) is 0.654. The second kappa shape index (κ2) is 6.10. The molecule has 0 atom stereocenters. The highest BCUT2D eigenvalue weighted by atomic mass is 16.4. The van der Waals surface area contributed by atoms with Crippen molar-refractivity contribution in [2.75, 3.05) is 13.1 Å². The van der Waals surface area contributed by atoms with Crippen molar-refractivity contribution in [2.24, 2.45) is 0 Å². The molecular formula is C10H14N2O2. The minimum atomic E-state index is -0.814. The number of hydrogen-bond acceptors (Lipinski definition) is 3. The number of carboxylic acid groups (broad SMARTS) is 1. The number of rotatable bonds is 6. The van der Waals surface area contributed by atoms with E-state index in [1.807, 2.05) is 18.3 Å². The number of pyridine rings is 1. The molecule has 0 aliphatic heterocycles. The average Bonchev–Trinajstić information content (AvgIpc) is 2.18. The fourth-order valence-corrected chi connectivity index (χ4v) is 1.16. The Hall–Kier alpha value is -1.42. The summed E-state index contributed by atoms with van der Waals surface area (Å²) >= 11 is 0. The number of aliphatic carboxylic acids is 1. The lowest BCUT2D eigenvalue weighted by atomic mass is 10.1. The third-order valence-electron chi connectivity index (χ3n) is 1.82. The Labute approximate surface area is 83.0 Å². The van der Waals surface area contributed by atoms with Crippen molar-refractivity contribution in [3.05, 3.63) is 30.1 Å². The molecule has 0 radical (unpaired) electrons. The Kier molecular flexibility index (Phi) is 4.64. The molecule has 0 amide bonds. The van der Waals surface area contributed by atoms with Crippen molar-refractivity contribution in [1.82, 2.24) is 10.3 Å². The second-order valence-electron chi connectivity index (χ2n) is 3.04. The SMILES string of the molecule is O=C(O)CNCCCc1cccnc1. The molecule has 76 valence electrons. The van der Waals surface area contributed by atoms with E-state index in [1.54, 1.807) is 6.20 Å². The lowest BCUT2D eigenvalue weighted by molar-refractivity contribution is -0.135. The van der Waals surface area contributed by atoms with Gasteiger partial charge in [0.2, 0.25) is 0 Å². The predicted octanol–water partition coefficient (Wildman–Crippen LogP) is 0.688. The van der Waals surface area contributed by atoms with Gasteiger partial charge < -0.3 is 10.4 Å². The normalized spacial score (nSPS) is 10.0. The molecule has 1 heterocycles. The molecule has 0 saturated heterocycles. The summed E-state index contributed by atoms with van der Waals surface area (Å²) in [5.41, 5.74) is 1.18. The zero-order valence-corrected chi connectivity index (χ0v) is 7.94. The van der Waals surface area contributed by atoms with Gasteiger partial charge in [0.1, 0.15) is 0 Å². The molecule has 14 heavy (non-hydrogen) atoms. The van der Waals surface area contributed by atoms with Crippen LogP contribution in [0.4, 0.5) is 0 Å². The van der Waals surface area contributed by atoms with Crippen LogP contribution in [0.2, 0.25) is 0 Å². The maximum atomic E-state index is 10.2. The molecule has 4 heteroatoms. The van der Waals surface area contributed by atoms with Gasteiger partial charge in [-0.25, -0.2) is 0 Å². The zero-order chi connectivity index (χ0) is 10.2. The van der Waals surface area contributed by atoms with Gasteiger partial charge in [-0.3, -0.25) is 9.78 Å². The minimum Gasteiger partial charge on any atom is -0.480 e. The molecule has 0 saturated carbocycles. The summed E-state index contributed by atoms with van der Waals surface area (Å²) in [6.45, 7) is 0.758. The van der Waals surface area contributed by atoms with Crippen molar-refractivity contribution < 1.29 is 9.90 Å². The molecular weight excluding hydrogens is 180 g/mol. The lowest BCUT2D eigenvalue weighted by Crippen LogP contribution is -2.23. The van der Waals surface area contributed by atoms with E-state index >= 15 is 0 Å². The van der Waals surface area contributed by atoms with Gasteiger partial charge in [0.05, 0.1) is 6.54 Å². The first-order valence-electron chi connectivity index (χ1n) is 4.60. The Morgan fingerprint density at radius 1 is 1.57 bits per heavy atom. The van der Waals surface area contributed by atoms with Crippen molar-refractivity contribution in [1.29, 1.82) is 0 Å². The Morgan fingerprint density at radius 3 is 3.07 bits per heavy atom. The summed E-state index contributed by atoms with van der Waals surface area (Å²) in [6, 6.07) is 3.92. The van der Waals surface area contributed by atoms with Gasteiger partial charge in [0.25, 0.3) is 0 Å². The summed E-state index contributed by atoms with van der Waals surface area (Å²) in [6.07, 6.45) is 5.43. The van der Waals surface area contributed by atoms with Crippen molar-refractivity contribution >= 4 is 5.97 Å². The molecule has 4 nitrogen and oxygen atoms in total. The van der Waals surface area contributed by atoms with Crippen molar-refractivity contribution in [3.8, 4) is 0 Å². The summed E-state index contributed by atoms with van der Waals surface area (Å²) in [7, 11) is 0. The third-order valence-corrected chi connectivity index (χ3v) is 1.82. The summed E-state index contributed by atoms with van der Waals surface area (Å²) < 4.78 is 0. The third kappa shape index (κ3) is 4.57. The molecule has 1 aromatic rings. The van der Waals surface area contributed by atoms with E-state index in [0.717, 1.165) is 19.4 Å². The molecule has 2 N–H and O–H groups in total. The number of nitrogens with one attached hydrogen (secondary N) is 1. The van der Waals surface area contributed by atoms with Crippen LogP contribution in [0.25, 0.3) is 0 Å². The minimum absolute atomic E-state index is 0.0348. The van der Waals surface area contributed by atoms with E-state index in [1.165, 1.54) is 5.56 Å². The van der Waals surface area contributed by atoms with Gasteiger partial charge in [-0.1, -0.05) is 6.07 Å². The van der Waals surface area contributed by atoms with E-state index in [0.29, 0.717) is 0 Å². The molecule has 1 aromatic heterocycles. The first kappa shape index (κ1) is 10.7. The molecule has 0 unspecified atom stereocenters. The lowest BCUT2D eigenvalue weighted by Gasteiger charge is -2.01. The Balaban J connectivity index is 2.08. The molecule has 0 aromatic carbocycles. The largest absolute Gasteiger partial charge is 0.480 e. The number of nitrogens with zero attached hydrogens (tertiary/aromatic N) is 1. The van der Waals surface area contributed by atoms with Crippen LogP contribution < -0.4 is 5.32 Å². The van der Waals surface area contributed by atoms with Crippen LogP contribution in [0.5, 0.6) is 0 Å². The Morgan fingerprint density at radius 2 is 2.43 bits per heavy atom. The number of carbonyl (C=O) groups is 1. The van der Waals surface area contributed by atoms with E-state index in [4.69, 9.17) is 5.11 Å². The van der Waals surface area contributed by atoms with Gasteiger partial charge in [-0.15, -0.1) is 0 Å². The fraction of sp³-hybridized carbons (Fsp3) is 0.400. The number of carboxylic acids is 1. The van der Waals surface area contributed by atoms with Crippen LogP contribution in [-0.4, -0.2) is 29.1 Å². The predicted molar refractivity (Wildman–Crippen MR) is 53.1 cm³/mol. The van der Waals surface area contributed by atoms with Crippen LogP contribution >= 0.6 is 0 Å². The van der Waals surface area contributed by atoms with Crippen LogP contribution in [0.1, 0.15) is 12.0 Å². The smallest absolute Gasteiger partial charge is 0.317 e. The average molecular weight is 194 g/mol. The van der Waals surface area contributed by atoms with Crippen molar-refractivity contribution in [3.63, 3.8) is 0 Å². The first-order valence-corrected chi connectivity index (χ1v) is 4.60. The maximum Gasteiger partial charge on any atom is 0.317 e. The van der Waals surface area contributed by atoms with Gasteiger partial charge in [-0.2, -0.15) is 0 Å². The molecule has 0 aliphatic carbocycles. The van der Waals surface area contributed by atoms with E-state index in [9.17, 15) is 4.79 Å². The van der Waals surface area contributed by atoms with Crippen LogP contribution in [0.15, 0.2) is 24.5 Å². The van der Waals surface area contributed by atoms with Gasteiger partial charge >= 0.3 is 5.97 Å². The maximum absolute atomic E-state index is 10.2. The molecule has 0 spiro atoms. The van der Waals surface area contributed by atoms with E-state index in [-0.39, 0.29) is 6.54 Å². The highest BCUT2D eigenvalue weighted by molar-refractivity contribution is 5.68. The van der Waals surface area contributed by atoms with Crippen LogP contribution in [-0.2, 0) is 11.2 Å². The highest BCUT2D eigenvalue weighted by Crippen LogP contribution is 1.98. The second-order valence-corrected chi connectivity index (χ2v) is 3.04. The zero-order valence-electron chi connectivity index (χ0n) is 7.94. The summed E-state index contributed by atoms with van der Waals surface area (Å²) in [5.74, 6) is -0.814. The standard InChI is InChI=1S/C10H14N2O2/c13-10(14)8-12-6-2-4-9-3-1-5-11-7-9/h1,3,5,7,12H,2,4,6,8H2,(H,13,14). The molecule has 1 rings (SSSR count). The van der Waals surface area contributed by atoms with Crippen molar-refractivity contribution in [2.45, 2.75) is 12.8 Å². The summed E-state index contributed by atoms with van der Waals surface area (Å²) in [4.78, 5) is 14.2. The highest BCUT2D eigenvalue weighted by Gasteiger charge is 1.95. The van der Waals surface area contributed by atoms with E-state index in [2.05, 4.69) is 10.3 Å². The fourth-order valence-electron chi connectivity index (χ4n) is 1.16.